The molecule has 0 aliphatic carbocycles. The summed E-state index contributed by atoms with van der Waals surface area (Å²) in [7, 11) is -2.48. The van der Waals surface area contributed by atoms with E-state index in [1.54, 1.807) is 6.07 Å². The summed E-state index contributed by atoms with van der Waals surface area (Å²) in [5, 5.41) is 5.08. The van der Waals surface area contributed by atoms with Crippen molar-refractivity contribution in [2.24, 2.45) is 0 Å². The van der Waals surface area contributed by atoms with E-state index in [1.807, 2.05) is 49.4 Å². The van der Waals surface area contributed by atoms with Gasteiger partial charge in [0, 0.05) is 13.1 Å². The summed E-state index contributed by atoms with van der Waals surface area (Å²) >= 11 is 0. The quantitative estimate of drug-likeness (QED) is 0.637. The lowest BCUT2D eigenvalue weighted by molar-refractivity contribution is -0.121. The monoisotopic (exact) mass is 440 g/mol. The molecule has 0 saturated heterocycles. The van der Waals surface area contributed by atoms with E-state index < -0.39 is 10.0 Å². The van der Waals surface area contributed by atoms with E-state index in [0.29, 0.717) is 24.7 Å². The van der Waals surface area contributed by atoms with Crippen molar-refractivity contribution in [2.75, 3.05) is 26.8 Å². The van der Waals surface area contributed by atoms with Gasteiger partial charge in [-0.1, -0.05) is 36.4 Å². The third kappa shape index (κ3) is 4.50. The Morgan fingerprint density at radius 2 is 1.71 bits per heavy atom. The maximum absolute atomic E-state index is 12.9. The summed E-state index contributed by atoms with van der Waals surface area (Å²) in [6, 6.07) is 18.2. The van der Waals surface area contributed by atoms with Crippen LogP contribution in [0.15, 0.2) is 65.6 Å². The zero-order valence-corrected chi connectivity index (χ0v) is 18.2. The van der Waals surface area contributed by atoms with Gasteiger partial charge >= 0.3 is 0 Å². The maximum Gasteiger partial charge on any atom is 0.243 e. The Bertz CT molecular complexity index is 1230. The van der Waals surface area contributed by atoms with Gasteiger partial charge in [0.2, 0.25) is 15.9 Å². The zero-order chi connectivity index (χ0) is 22.0. The van der Waals surface area contributed by atoms with Crippen molar-refractivity contribution >= 4 is 26.7 Å². The molecule has 0 spiro atoms. The molecular formula is C23H24N2O5S. The van der Waals surface area contributed by atoms with Crippen LogP contribution in [-0.4, -0.2) is 45.4 Å². The number of nitrogens with one attached hydrogen (secondary N) is 1. The average molecular weight is 441 g/mol. The topological polar surface area (TPSA) is 84.9 Å². The summed E-state index contributed by atoms with van der Waals surface area (Å²) in [6.07, 6.45) is 0. The van der Waals surface area contributed by atoms with Crippen LogP contribution in [0.1, 0.15) is 18.5 Å². The number of carbonyl (C=O) groups is 1. The second-order valence-electron chi connectivity index (χ2n) is 7.46. The van der Waals surface area contributed by atoms with Crippen LogP contribution in [0.25, 0.3) is 10.8 Å². The van der Waals surface area contributed by atoms with Crippen LogP contribution >= 0.6 is 0 Å². The molecule has 4 rings (SSSR count). The Balaban J connectivity index is 1.43. The Labute approximate surface area is 181 Å². The van der Waals surface area contributed by atoms with Gasteiger partial charge in [-0.25, -0.2) is 8.42 Å². The molecule has 31 heavy (non-hydrogen) atoms. The van der Waals surface area contributed by atoms with Crippen LogP contribution < -0.4 is 14.8 Å². The van der Waals surface area contributed by atoms with E-state index >= 15 is 0 Å². The smallest absolute Gasteiger partial charge is 0.243 e. The molecule has 0 fully saturated rings. The molecule has 0 radical (unpaired) electrons. The molecule has 1 atom stereocenters. The number of sulfonamides is 1. The largest absolute Gasteiger partial charge is 0.486 e. The van der Waals surface area contributed by atoms with Crippen LogP contribution in [0.4, 0.5) is 0 Å². The van der Waals surface area contributed by atoms with Crippen LogP contribution in [-0.2, 0) is 14.8 Å². The van der Waals surface area contributed by atoms with Crippen molar-refractivity contribution in [3.63, 3.8) is 0 Å². The average Bonchev–Trinajstić information content (AvgIpc) is 2.78. The molecule has 3 aromatic rings. The predicted molar refractivity (Wildman–Crippen MR) is 118 cm³/mol. The first kappa shape index (κ1) is 21.1. The molecule has 8 heteroatoms. The Kier molecular flexibility index (Phi) is 5.84. The first-order chi connectivity index (χ1) is 14.8. The Hall–Kier alpha value is -3.10. The standard InChI is InChI=1S/C23H24N2O5S/c1-16(18-8-7-17-5-3-4-6-19(17)13-18)24-23(26)15-25(2)31(27,28)20-9-10-21-22(14-20)30-12-11-29-21/h3-10,13-14,16H,11-12,15H2,1-2H3,(H,24,26)/t16-/m0/s1. The highest BCUT2D eigenvalue weighted by Gasteiger charge is 2.26. The zero-order valence-electron chi connectivity index (χ0n) is 17.4. The minimum absolute atomic E-state index is 0.0506. The van der Waals surface area contributed by atoms with Crippen molar-refractivity contribution in [1.29, 1.82) is 0 Å². The normalized spacial score (nSPS) is 14.4. The van der Waals surface area contributed by atoms with E-state index in [1.165, 1.54) is 19.2 Å². The number of benzene rings is 3. The summed E-state index contributed by atoms with van der Waals surface area (Å²) < 4.78 is 37.7. The number of carbonyl (C=O) groups excluding carboxylic acids is 1. The number of hydrogen-bond acceptors (Lipinski definition) is 5. The van der Waals surface area contributed by atoms with E-state index in [2.05, 4.69) is 5.32 Å². The molecule has 1 aliphatic heterocycles. The maximum atomic E-state index is 12.9. The number of ether oxygens (including phenoxy) is 2. The summed E-state index contributed by atoms with van der Waals surface area (Å²) in [5.41, 5.74) is 0.949. The molecular weight excluding hydrogens is 416 g/mol. The summed E-state index contributed by atoms with van der Waals surface area (Å²) in [6.45, 7) is 2.36. The molecule has 1 N–H and O–H groups in total. The predicted octanol–water partition coefficient (Wildman–Crippen LogP) is 3.11. The molecule has 1 amide bonds. The first-order valence-electron chi connectivity index (χ1n) is 9.98. The Morgan fingerprint density at radius 1 is 1.00 bits per heavy atom. The number of hydrogen-bond donors (Lipinski definition) is 1. The second-order valence-corrected chi connectivity index (χ2v) is 9.51. The highest BCUT2D eigenvalue weighted by molar-refractivity contribution is 7.89. The van der Waals surface area contributed by atoms with Gasteiger partial charge in [-0.15, -0.1) is 0 Å². The van der Waals surface area contributed by atoms with Gasteiger partial charge in [-0.2, -0.15) is 4.31 Å². The molecule has 1 aliphatic rings. The van der Waals surface area contributed by atoms with Crippen LogP contribution in [0.3, 0.4) is 0 Å². The molecule has 0 unspecified atom stereocenters. The lowest BCUT2D eigenvalue weighted by Crippen LogP contribution is -2.39. The van der Waals surface area contributed by atoms with Gasteiger partial charge < -0.3 is 14.8 Å². The van der Waals surface area contributed by atoms with Gasteiger partial charge in [0.1, 0.15) is 13.2 Å². The van der Waals surface area contributed by atoms with E-state index in [0.717, 1.165) is 20.6 Å². The minimum Gasteiger partial charge on any atom is -0.486 e. The van der Waals surface area contributed by atoms with E-state index in [4.69, 9.17) is 9.47 Å². The third-order valence-corrected chi connectivity index (χ3v) is 7.04. The number of likely N-dealkylation sites (N-methyl/N-ethyl adjacent to an activating group) is 1. The van der Waals surface area contributed by atoms with Gasteiger partial charge in [0.25, 0.3) is 0 Å². The highest BCUT2D eigenvalue weighted by Crippen LogP contribution is 2.33. The van der Waals surface area contributed by atoms with Crippen molar-refractivity contribution in [1.82, 2.24) is 9.62 Å². The van der Waals surface area contributed by atoms with Gasteiger partial charge in [-0.3, -0.25) is 4.79 Å². The van der Waals surface area contributed by atoms with Crippen LogP contribution in [0, 0.1) is 0 Å². The number of nitrogens with zero attached hydrogens (tertiary/aromatic N) is 1. The molecule has 7 nitrogen and oxygen atoms in total. The van der Waals surface area contributed by atoms with Gasteiger partial charge in [0.05, 0.1) is 17.5 Å². The number of rotatable bonds is 6. The summed E-state index contributed by atoms with van der Waals surface area (Å²) in [4.78, 5) is 12.6. The minimum atomic E-state index is -3.86. The first-order valence-corrected chi connectivity index (χ1v) is 11.4. The van der Waals surface area contributed by atoms with Crippen LogP contribution in [0.2, 0.25) is 0 Å². The Morgan fingerprint density at radius 3 is 2.48 bits per heavy atom. The van der Waals surface area contributed by atoms with Crippen molar-refractivity contribution in [2.45, 2.75) is 17.9 Å². The molecule has 0 saturated carbocycles. The van der Waals surface area contributed by atoms with Crippen molar-refractivity contribution in [3.05, 3.63) is 66.2 Å². The van der Waals surface area contributed by atoms with E-state index in [9.17, 15) is 13.2 Å². The number of fused-ring (bicyclic) bond motifs is 2. The highest BCUT2D eigenvalue weighted by atomic mass is 32.2. The number of amides is 1. The molecule has 162 valence electrons. The fourth-order valence-electron chi connectivity index (χ4n) is 3.50. The summed E-state index contributed by atoms with van der Waals surface area (Å²) in [5.74, 6) is 0.509. The van der Waals surface area contributed by atoms with Crippen molar-refractivity contribution < 1.29 is 22.7 Å². The lowest BCUT2D eigenvalue weighted by Gasteiger charge is -2.22. The lowest BCUT2D eigenvalue weighted by atomic mass is 10.0. The second kappa shape index (κ2) is 8.56. The molecule has 1 heterocycles. The fraction of sp³-hybridized carbons (Fsp3) is 0.261. The molecule has 3 aromatic carbocycles. The molecule has 0 aromatic heterocycles. The van der Waals surface area contributed by atoms with E-state index in [-0.39, 0.29) is 23.4 Å². The van der Waals surface area contributed by atoms with Crippen molar-refractivity contribution in [3.8, 4) is 11.5 Å². The fourth-order valence-corrected chi connectivity index (χ4v) is 4.64. The molecule has 0 bridgehead atoms. The SMILES string of the molecule is C[C@H](NC(=O)CN(C)S(=O)(=O)c1ccc2c(c1)OCCO2)c1ccc2ccccc2c1. The van der Waals surface area contributed by atoms with Gasteiger partial charge in [0.15, 0.2) is 11.5 Å². The van der Waals surface area contributed by atoms with Crippen LogP contribution in [0.5, 0.6) is 11.5 Å². The third-order valence-electron chi connectivity index (χ3n) is 5.24. The van der Waals surface area contributed by atoms with Gasteiger partial charge in [-0.05, 0) is 41.5 Å².